The second-order valence-electron chi connectivity index (χ2n) is 5.37. The Bertz CT molecular complexity index is 571. The van der Waals surface area contributed by atoms with Crippen LogP contribution in [0.3, 0.4) is 0 Å². The molecule has 0 spiro atoms. The van der Waals surface area contributed by atoms with Crippen LogP contribution < -0.4 is 5.32 Å². The Morgan fingerprint density at radius 3 is 3.00 bits per heavy atom. The monoisotopic (exact) mass is 287 g/mol. The summed E-state index contributed by atoms with van der Waals surface area (Å²) in [6, 6.07) is 5.74. The van der Waals surface area contributed by atoms with Crippen molar-refractivity contribution in [2.75, 3.05) is 18.5 Å². The first-order valence-corrected chi connectivity index (χ1v) is 7.24. The number of aryl methyl sites for hydroxylation is 1. The minimum Gasteiger partial charge on any atom is -0.395 e. The van der Waals surface area contributed by atoms with E-state index in [2.05, 4.69) is 17.2 Å². The molecule has 0 radical (unpaired) electrons. The standard InChI is InChI=1S/C17H21NO3/c1-12-6-7-14(5-3-4-9-19)15(11-12)18-17(20)16-13(2)8-10-21-16/h6-7,11,13,16,19H,4,8-10H2,1-2H3,(H,18,20). The zero-order chi connectivity index (χ0) is 15.2. The number of rotatable bonds is 3. The first-order valence-electron chi connectivity index (χ1n) is 7.24. The highest BCUT2D eigenvalue weighted by Gasteiger charge is 2.31. The van der Waals surface area contributed by atoms with Gasteiger partial charge >= 0.3 is 0 Å². The summed E-state index contributed by atoms with van der Waals surface area (Å²) in [7, 11) is 0. The van der Waals surface area contributed by atoms with E-state index < -0.39 is 0 Å². The van der Waals surface area contributed by atoms with E-state index in [4.69, 9.17) is 9.84 Å². The predicted molar refractivity (Wildman–Crippen MR) is 81.9 cm³/mol. The van der Waals surface area contributed by atoms with E-state index in [1.165, 1.54) is 0 Å². The number of anilines is 1. The van der Waals surface area contributed by atoms with E-state index in [-0.39, 0.29) is 24.5 Å². The van der Waals surface area contributed by atoms with E-state index in [0.29, 0.717) is 18.7 Å². The molecule has 2 unspecified atom stereocenters. The number of benzene rings is 1. The van der Waals surface area contributed by atoms with Crippen molar-refractivity contribution in [3.8, 4) is 11.8 Å². The Labute approximate surface area is 125 Å². The number of amides is 1. The van der Waals surface area contributed by atoms with Crippen LogP contribution in [0.2, 0.25) is 0 Å². The Hall–Kier alpha value is -1.83. The maximum absolute atomic E-state index is 12.3. The van der Waals surface area contributed by atoms with Crippen LogP contribution in [0.5, 0.6) is 0 Å². The van der Waals surface area contributed by atoms with Crippen molar-refractivity contribution in [2.45, 2.75) is 32.8 Å². The van der Waals surface area contributed by atoms with Gasteiger partial charge in [-0.05, 0) is 37.0 Å². The molecular formula is C17H21NO3. The molecule has 4 nitrogen and oxygen atoms in total. The van der Waals surface area contributed by atoms with Gasteiger partial charge in [0.15, 0.2) is 0 Å². The van der Waals surface area contributed by atoms with Gasteiger partial charge in [0, 0.05) is 18.6 Å². The van der Waals surface area contributed by atoms with Crippen LogP contribution in [0.1, 0.15) is 30.9 Å². The first kappa shape index (κ1) is 15.6. The van der Waals surface area contributed by atoms with Gasteiger partial charge in [0.2, 0.25) is 0 Å². The lowest BCUT2D eigenvalue weighted by Gasteiger charge is -2.15. The molecule has 21 heavy (non-hydrogen) atoms. The summed E-state index contributed by atoms with van der Waals surface area (Å²) in [6.45, 7) is 4.66. The van der Waals surface area contributed by atoms with Crippen LogP contribution in [0, 0.1) is 24.7 Å². The molecule has 1 aliphatic heterocycles. The molecule has 1 saturated heterocycles. The Morgan fingerprint density at radius 1 is 1.52 bits per heavy atom. The normalized spacial score (nSPS) is 20.7. The second-order valence-corrected chi connectivity index (χ2v) is 5.37. The number of carbonyl (C=O) groups excluding carboxylic acids is 1. The molecule has 1 heterocycles. The molecule has 1 aromatic rings. The highest BCUT2D eigenvalue weighted by Crippen LogP contribution is 2.23. The summed E-state index contributed by atoms with van der Waals surface area (Å²) in [4.78, 5) is 12.3. The predicted octanol–water partition coefficient (Wildman–Crippen LogP) is 2.09. The van der Waals surface area contributed by atoms with Gasteiger partial charge in [-0.3, -0.25) is 4.79 Å². The van der Waals surface area contributed by atoms with Crippen molar-refractivity contribution in [3.63, 3.8) is 0 Å². The first-order chi connectivity index (χ1) is 10.1. The van der Waals surface area contributed by atoms with Gasteiger partial charge in [-0.15, -0.1) is 0 Å². The number of hydrogen-bond acceptors (Lipinski definition) is 3. The Kier molecular flexibility index (Phi) is 5.38. The van der Waals surface area contributed by atoms with Gasteiger partial charge in [-0.1, -0.05) is 24.8 Å². The van der Waals surface area contributed by atoms with Crippen molar-refractivity contribution < 1.29 is 14.6 Å². The fraction of sp³-hybridized carbons (Fsp3) is 0.471. The average Bonchev–Trinajstić information content (AvgIpc) is 2.88. The van der Waals surface area contributed by atoms with Crippen molar-refractivity contribution >= 4 is 11.6 Å². The maximum atomic E-state index is 12.3. The van der Waals surface area contributed by atoms with E-state index in [1.54, 1.807) is 0 Å². The lowest BCUT2D eigenvalue weighted by molar-refractivity contribution is -0.126. The summed E-state index contributed by atoms with van der Waals surface area (Å²) in [5, 5.41) is 11.7. The number of ether oxygens (including phenoxy) is 1. The molecule has 0 bridgehead atoms. The second kappa shape index (κ2) is 7.26. The third-order valence-corrected chi connectivity index (χ3v) is 3.54. The van der Waals surface area contributed by atoms with E-state index in [9.17, 15) is 4.79 Å². The summed E-state index contributed by atoms with van der Waals surface area (Å²) in [5.74, 6) is 5.98. The van der Waals surface area contributed by atoms with Crippen molar-refractivity contribution in [1.82, 2.24) is 0 Å². The lowest BCUT2D eigenvalue weighted by atomic mass is 10.0. The van der Waals surface area contributed by atoms with Crippen LogP contribution in [-0.4, -0.2) is 30.3 Å². The molecule has 2 rings (SSSR count). The number of aliphatic hydroxyl groups is 1. The van der Waals surface area contributed by atoms with E-state index in [0.717, 1.165) is 17.5 Å². The van der Waals surface area contributed by atoms with Gasteiger partial charge in [-0.2, -0.15) is 0 Å². The SMILES string of the molecule is Cc1ccc(C#CCCO)c(NC(=O)C2OCCC2C)c1. The number of aliphatic hydroxyl groups excluding tert-OH is 1. The summed E-state index contributed by atoms with van der Waals surface area (Å²) < 4.78 is 5.49. The molecular weight excluding hydrogens is 266 g/mol. The third-order valence-electron chi connectivity index (χ3n) is 3.54. The number of nitrogens with one attached hydrogen (secondary N) is 1. The van der Waals surface area contributed by atoms with Gasteiger partial charge in [0.05, 0.1) is 12.3 Å². The minimum absolute atomic E-state index is 0.0357. The zero-order valence-electron chi connectivity index (χ0n) is 12.5. The lowest BCUT2D eigenvalue weighted by Crippen LogP contribution is -2.31. The topological polar surface area (TPSA) is 58.6 Å². The molecule has 0 aliphatic carbocycles. The van der Waals surface area contributed by atoms with Crippen LogP contribution in [0.25, 0.3) is 0 Å². The maximum Gasteiger partial charge on any atom is 0.253 e. The van der Waals surface area contributed by atoms with Crippen molar-refractivity contribution in [2.24, 2.45) is 5.92 Å². The van der Waals surface area contributed by atoms with Crippen LogP contribution in [0.4, 0.5) is 5.69 Å². The van der Waals surface area contributed by atoms with Gasteiger partial charge < -0.3 is 15.2 Å². The zero-order valence-corrected chi connectivity index (χ0v) is 12.5. The summed E-state index contributed by atoms with van der Waals surface area (Å²) in [6.07, 6.45) is 0.947. The van der Waals surface area contributed by atoms with Crippen LogP contribution >= 0.6 is 0 Å². The molecule has 0 aromatic heterocycles. The van der Waals surface area contributed by atoms with Crippen LogP contribution in [-0.2, 0) is 9.53 Å². The highest BCUT2D eigenvalue weighted by atomic mass is 16.5. The molecule has 4 heteroatoms. The molecule has 1 aliphatic rings. The quantitative estimate of drug-likeness (QED) is 0.837. The average molecular weight is 287 g/mol. The Morgan fingerprint density at radius 2 is 2.33 bits per heavy atom. The fourth-order valence-electron chi connectivity index (χ4n) is 2.32. The van der Waals surface area contributed by atoms with Crippen molar-refractivity contribution in [3.05, 3.63) is 29.3 Å². The summed E-state index contributed by atoms with van der Waals surface area (Å²) >= 11 is 0. The third kappa shape index (κ3) is 4.07. The summed E-state index contributed by atoms with van der Waals surface area (Å²) in [5.41, 5.74) is 2.51. The van der Waals surface area contributed by atoms with Crippen LogP contribution in [0.15, 0.2) is 18.2 Å². The van der Waals surface area contributed by atoms with Gasteiger partial charge in [0.1, 0.15) is 6.10 Å². The molecule has 1 aromatic carbocycles. The van der Waals surface area contributed by atoms with Gasteiger partial charge in [0.25, 0.3) is 5.91 Å². The van der Waals surface area contributed by atoms with E-state index in [1.807, 2.05) is 32.0 Å². The molecule has 0 saturated carbocycles. The molecule has 1 amide bonds. The molecule has 112 valence electrons. The largest absolute Gasteiger partial charge is 0.395 e. The minimum atomic E-state index is -0.385. The molecule has 2 atom stereocenters. The van der Waals surface area contributed by atoms with E-state index >= 15 is 0 Å². The fourth-order valence-corrected chi connectivity index (χ4v) is 2.32. The van der Waals surface area contributed by atoms with Gasteiger partial charge in [-0.25, -0.2) is 0 Å². The smallest absolute Gasteiger partial charge is 0.253 e. The Balaban J connectivity index is 2.16. The molecule has 2 N–H and O–H groups in total. The van der Waals surface area contributed by atoms with Crippen molar-refractivity contribution in [1.29, 1.82) is 0 Å². The highest BCUT2D eigenvalue weighted by molar-refractivity contribution is 5.95. The molecule has 1 fully saturated rings. The number of carbonyl (C=O) groups is 1. The number of hydrogen-bond donors (Lipinski definition) is 2.